The van der Waals surface area contributed by atoms with Gasteiger partial charge in [-0.2, -0.15) is 0 Å². The maximum absolute atomic E-state index is 12.3. The van der Waals surface area contributed by atoms with Crippen LogP contribution in [0.4, 0.5) is 21.9 Å². The molecule has 0 spiro atoms. The summed E-state index contributed by atoms with van der Waals surface area (Å²) in [7, 11) is 0. The van der Waals surface area contributed by atoms with Gasteiger partial charge in [-0.05, 0) is 30.7 Å². The molecule has 128 valence electrons. The van der Waals surface area contributed by atoms with E-state index >= 15 is 0 Å². The van der Waals surface area contributed by atoms with Crippen LogP contribution in [-0.2, 0) is 0 Å². The molecule has 25 heavy (non-hydrogen) atoms. The van der Waals surface area contributed by atoms with Crippen molar-refractivity contribution in [2.45, 2.75) is 6.42 Å². The highest BCUT2D eigenvalue weighted by atomic mass is 16.6. The molecule has 1 fully saturated rings. The fourth-order valence-corrected chi connectivity index (χ4v) is 2.59. The predicted octanol–water partition coefficient (Wildman–Crippen LogP) is 2.77. The zero-order valence-corrected chi connectivity index (χ0v) is 13.3. The molecule has 0 unspecified atom stereocenters. The number of hydrogen-bond acceptors (Lipinski definition) is 4. The Bertz CT molecular complexity index is 837. The van der Waals surface area contributed by atoms with Crippen molar-refractivity contribution >= 4 is 29.0 Å². The fourth-order valence-electron chi connectivity index (χ4n) is 2.59. The third-order valence-corrected chi connectivity index (χ3v) is 3.81. The fraction of sp³-hybridized carbons (Fsp3) is 0.176. The predicted molar refractivity (Wildman–Crippen MR) is 92.9 cm³/mol. The van der Waals surface area contributed by atoms with Crippen LogP contribution in [0.25, 0.3) is 0 Å². The first-order valence-electron chi connectivity index (χ1n) is 7.76. The Morgan fingerprint density at radius 1 is 1.20 bits per heavy atom. The number of non-ortho nitro benzene ring substituents is 1. The number of nitro groups is 1. The van der Waals surface area contributed by atoms with Crippen molar-refractivity contribution in [3.05, 3.63) is 64.2 Å². The summed E-state index contributed by atoms with van der Waals surface area (Å²) in [6.07, 6.45) is 0.843. The maximum Gasteiger partial charge on any atom is 0.321 e. The number of nitrogens with zero attached hydrogens (tertiary/aromatic N) is 2. The highest BCUT2D eigenvalue weighted by Gasteiger charge is 2.19. The number of carbonyl (C=O) groups is 2. The van der Waals surface area contributed by atoms with Gasteiger partial charge in [0, 0.05) is 42.2 Å². The van der Waals surface area contributed by atoms with E-state index < -0.39 is 10.8 Å². The molecule has 0 aromatic heterocycles. The van der Waals surface area contributed by atoms with E-state index in [0.29, 0.717) is 24.5 Å². The van der Waals surface area contributed by atoms with Crippen LogP contribution < -0.4 is 15.5 Å². The molecular formula is C17H16N4O4. The van der Waals surface area contributed by atoms with Crippen LogP contribution in [0.2, 0.25) is 0 Å². The summed E-state index contributed by atoms with van der Waals surface area (Å²) < 4.78 is 0. The monoisotopic (exact) mass is 340 g/mol. The van der Waals surface area contributed by atoms with Crippen molar-refractivity contribution in [3.63, 3.8) is 0 Å². The summed E-state index contributed by atoms with van der Waals surface area (Å²) in [6.45, 7) is 1.26. The first kappa shape index (κ1) is 16.4. The smallest absolute Gasteiger partial charge is 0.321 e. The number of urea groups is 1. The first-order valence-corrected chi connectivity index (χ1v) is 7.76. The van der Waals surface area contributed by atoms with Crippen molar-refractivity contribution in [2.75, 3.05) is 23.3 Å². The quantitative estimate of drug-likeness (QED) is 0.659. The third-order valence-electron chi connectivity index (χ3n) is 3.81. The van der Waals surface area contributed by atoms with E-state index in [0.717, 1.165) is 6.42 Å². The van der Waals surface area contributed by atoms with Gasteiger partial charge in [0.2, 0.25) is 0 Å². The Hall–Kier alpha value is -3.42. The molecule has 0 bridgehead atoms. The van der Waals surface area contributed by atoms with E-state index in [1.54, 1.807) is 29.2 Å². The van der Waals surface area contributed by atoms with Crippen LogP contribution in [0, 0.1) is 10.1 Å². The van der Waals surface area contributed by atoms with E-state index in [-0.39, 0.29) is 17.3 Å². The number of nitrogens with one attached hydrogen (secondary N) is 2. The minimum absolute atomic E-state index is 0.147. The summed E-state index contributed by atoms with van der Waals surface area (Å²) in [6, 6.07) is 12.2. The minimum Gasteiger partial charge on any atom is -0.338 e. The second kappa shape index (κ2) is 7.00. The molecule has 1 saturated heterocycles. The topological polar surface area (TPSA) is 105 Å². The molecule has 2 N–H and O–H groups in total. The standard InChI is InChI=1S/C17H16N4O4/c22-16(12-4-1-7-15(10-12)21(24)25)19-13-5-2-6-14(11-13)20-9-3-8-18-17(20)23/h1-2,4-7,10-11H,3,8-9H2,(H,18,23)(H,19,22). The van der Waals surface area contributed by atoms with Gasteiger partial charge in [-0.25, -0.2) is 4.79 Å². The maximum atomic E-state index is 12.3. The lowest BCUT2D eigenvalue weighted by Crippen LogP contribution is -2.46. The van der Waals surface area contributed by atoms with Gasteiger partial charge in [0.1, 0.15) is 0 Å². The lowest BCUT2D eigenvalue weighted by Gasteiger charge is -2.27. The van der Waals surface area contributed by atoms with Gasteiger partial charge in [0.05, 0.1) is 4.92 Å². The van der Waals surface area contributed by atoms with Gasteiger partial charge in [0.25, 0.3) is 11.6 Å². The van der Waals surface area contributed by atoms with E-state index in [9.17, 15) is 19.7 Å². The van der Waals surface area contributed by atoms with E-state index in [2.05, 4.69) is 10.6 Å². The van der Waals surface area contributed by atoms with Crippen LogP contribution in [0.3, 0.4) is 0 Å². The van der Waals surface area contributed by atoms with Gasteiger partial charge >= 0.3 is 6.03 Å². The Morgan fingerprint density at radius 3 is 2.76 bits per heavy atom. The van der Waals surface area contributed by atoms with Crippen LogP contribution in [-0.4, -0.2) is 30.0 Å². The lowest BCUT2D eigenvalue weighted by molar-refractivity contribution is -0.384. The highest BCUT2D eigenvalue weighted by molar-refractivity contribution is 6.05. The molecule has 8 nitrogen and oxygen atoms in total. The van der Waals surface area contributed by atoms with Crippen molar-refractivity contribution in [3.8, 4) is 0 Å². The Balaban J connectivity index is 1.78. The van der Waals surface area contributed by atoms with Gasteiger partial charge in [-0.3, -0.25) is 19.8 Å². The average Bonchev–Trinajstić information content (AvgIpc) is 2.62. The van der Waals surface area contributed by atoms with Crippen LogP contribution in [0.5, 0.6) is 0 Å². The summed E-state index contributed by atoms with van der Waals surface area (Å²) in [5.74, 6) is -0.455. The Kier molecular flexibility index (Phi) is 4.60. The van der Waals surface area contributed by atoms with E-state index in [1.807, 2.05) is 0 Å². The number of benzene rings is 2. The molecule has 3 rings (SSSR count). The van der Waals surface area contributed by atoms with E-state index in [1.165, 1.54) is 24.3 Å². The zero-order valence-electron chi connectivity index (χ0n) is 13.3. The average molecular weight is 340 g/mol. The molecule has 0 aliphatic carbocycles. The molecule has 1 aliphatic heterocycles. The SMILES string of the molecule is O=C(Nc1cccc(N2CCCNC2=O)c1)c1cccc([N+](=O)[O-])c1. The summed E-state index contributed by atoms with van der Waals surface area (Å²) in [5.41, 5.74) is 1.23. The number of rotatable bonds is 4. The molecule has 2 aromatic rings. The van der Waals surface area contributed by atoms with Crippen LogP contribution in [0.1, 0.15) is 16.8 Å². The second-order valence-electron chi connectivity index (χ2n) is 5.55. The van der Waals surface area contributed by atoms with E-state index in [4.69, 9.17) is 0 Å². The first-order chi connectivity index (χ1) is 12.0. The summed E-state index contributed by atoms with van der Waals surface area (Å²) >= 11 is 0. The normalized spacial score (nSPS) is 13.9. The minimum atomic E-state index is -0.549. The number of anilines is 2. The number of nitro benzene ring substituents is 1. The number of hydrogen-bond donors (Lipinski definition) is 2. The van der Waals surface area contributed by atoms with Gasteiger partial charge in [0.15, 0.2) is 0 Å². The molecule has 1 aliphatic rings. The molecule has 2 aromatic carbocycles. The van der Waals surface area contributed by atoms with Gasteiger partial charge in [-0.1, -0.05) is 12.1 Å². The molecule has 1 heterocycles. The molecule has 8 heteroatoms. The molecule has 0 atom stereocenters. The molecule has 0 radical (unpaired) electrons. The summed E-state index contributed by atoms with van der Waals surface area (Å²) in [5, 5.41) is 16.3. The van der Waals surface area contributed by atoms with Gasteiger partial charge in [-0.15, -0.1) is 0 Å². The van der Waals surface area contributed by atoms with Crippen molar-refractivity contribution in [1.82, 2.24) is 5.32 Å². The highest BCUT2D eigenvalue weighted by Crippen LogP contribution is 2.22. The largest absolute Gasteiger partial charge is 0.338 e. The zero-order chi connectivity index (χ0) is 17.8. The lowest BCUT2D eigenvalue weighted by atomic mass is 10.1. The number of amides is 3. The molecule has 0 saturated carbocycles. The second-order valence-corrected chi connectivity index (χ2v) is 5.55. The third kappa shape index (κ3) is 3.74. The van der Waals surface area contributed by atoms with Crippen LogP contribution in [0.15, 0.2) is 48.5 Å². The van der Waals surface area contributed by atoms with Crippen molar-refractivity contribution < 1.29 is 14.5 Å². The summed E-state index contributed by atoms with van der Waals surface area (Å²) in [4.78, 5) is 36.1. The van der Waals surface area contributed by atoms with Crippen molar-refractivity contribution in [2.24, 2.45) is 0 Å². The van der Waals surface area contributed by atoms with Gasteiger partial charge < -0.3 is 10.6 Å². The molecular weight excluding hydrogens is 324 g/mol. The molecule has 3 amide bonds. The Labute approximate surface area is 143 Å². The Morgan fingerprint density at radius 2 is 2.00 bits per heavy atom. The van der Waals surface area contributed by atoms with Crippen molar-refractivity contribution in [1.29, 1.82) is 0 Å². The number of carbonyl (C=O) groups excluding carboxylic acids is 2. The van der Waals surface area contributed by atoms with Crippen LogP contribution >= 0.6 is 0 Å².